The molecule has 10 heteroatoms. The number of H-pyrrole nitrogens is 1. The zero-order chi connectivity index (χ0) is 22.1. The highest BCUT2D eigenvalue weighted by atomic mass is 32.1. The molecule has 6 rings (SSSR count). The van der Waals surface area contributed by atoms with Crippen LogP contribution < -0.4 is 15.8 Å². The summed E-state index contributed by atoms with van der Waals surface area (Å²) in [5, 5.41) is 12.2. The molecule has 3 atom stereocenters. The Morgan fingerprint density at radius 1 is 1.12 bits per heavy atom. The monoisotopic (exact) mass is 467 g/mol. The minimum Gasteiger partial charge on any atom is -0.348 e. The lowest BCUT2D eigenvalue weighted by atomic mass is 9.84. The van der Waals surface area contributed by atoms with E-state index in [1.165, 1.54) is 24.2 Å². The van der Waals surface area contributed by atoms with E-state index in [4.69, 9.17) is 9.97 Å². The van der Waals surface area contributed by atoms with Gasteiger partial charge in [0.15, 0.2) is 19.9 Å². The molecule has 0 amide bonds. The first-order valence-electron chi connectivity index (χ1n) is 10.8. The van der Waals surface area contributed by atoms with Crippen LogP contribution in [0.4, 0.5) is 5.13 Å². The Morgan fingerprint density at radius 2 is 1.88 bits per heavy atom. The van der Waals surface area contributed by atoms with E-state index in [9.17, 15) is 4.79 Å². The highest BCUT2D eigenvalue weighted by Gasteiger charge is 2.49. The van der Waals surface area contributed by atoms with Crippen LogP contribution in [0.3, 0.4) is 0 Å². The molecule has 2 bridgehead atoms. The molecular weight excluding hydrogens is 442 g/mol. The third kappa shape index (κ3) is 3.28. The number of pyridine rings is 1. The van der Waals surface area contributed by atoms with Gasteiger partial charge in [0.1, 0.15) is 0 Å². The highest BCUT2D eigenvalue weighted by Crippen LogP contribution is 2.45. The van der Waals surface area contributed by atoms with Crippen molar-refractivity contribution >= 4 is 37.5 Å². The predicted molar refractivity (Wildman–Crippen MR) is 129 cm³/mol. The van der Waals surface area contributed by atoms with Crippen molar-refractivity contribution in [2.75, 3.05) is 11.9 Å². The maximum atomic E-state index is 12.7. The molecule has 4 aromatic heterocycles. The molecule has 2 aliphatic heterocycles. The number of nitrogens with one attached hydrogen (secondary N) is 2. The van der Waals surface area contributed by atoms with Crippen molar-refractivity contribution < 1.29 is 0 Å². The highest BCUT2D eigenvalue weighted by molar-refractivity contribution is 7.29. The molecule has 32 heavy (non-hydrogen) atoms. The van der Waals surface area contributed by atoms with Gasteiger partial charge < -0.3 is 10.2 Å². The number of aromatic amines is 1. The van der Waals surface area contributed by atoms with Crippen LogP contribution in [0.5, 0.6) is 0 Å². The Bertz CT molecular complexity index is 1310. The van der Waals surface area contributed by atoms with E-state index in [2.05, 4.69) is 41.3 Å². The Balaban J connectivity index is 1.27. The second kappa shape index (κ2) is 6.97. The van der Waals surface area contributed by atoms with Gasteiger partial charge in [0.25, 0.3) is 5.56 Å². The van der Waals surface area contributed by atoms with Crippen LogP contribution in [0.2, 0.25) is 0 Å². The Labute approximate surface area is 193 Å². The fraction of sp³-hybridized carbons (Fsp3) is 0.455. The number of nitrogens with zero attached hydrogens (tertiary/aromatic N) is 5. The molecule has 4 aromatic rings. The molecule has 2 aliphatic rings. The summed E-state index contributed by atoms with van der Waals surface area (Å²) in [4.78, 5) is 26.4. The van der Waals surface area contributed by atoms with E-state index in [0.717, 1.165) is 38.8 Å². The largest absolute Gasteiger partial charge is 0.348 e. The van der Waals surface area contributed by atoms with E-state index < -0.39 is 0 Å². The molecule has 8 nitrogen and oxygen atoms in total. The summed E-state index contributed by atoms with van der Waals surface area (Å²) in [6.07, 6.45) is 9.97. The van der Waals surface area contributed by atoms with Gasteiger partial charge >= 0.3 is 0 Å². The van der Waals surface area contributed by atoms with Gasteiger partial charge in [-0.1, -0.05) is 22.7 Å². The summed E-state index contributed by atoms with van der Waals surface area (Å²) in [7, 11) is 2.16. The van der Waals surface area contributed by atoms with E-state index in [-0.39, 0.29) is 16.6 Å². The topological polar surface area (TPSA) is 91.7 Å². The number of fused-ring (bicyclic) bond motifs is 3. The van der Waals surface area contributed by atoms with Gasteiger partial charge in [0, 0.05) is 48.2 Å². The van der Waals surface area contributed by atoms with Crippen molar-refractivity contribution in [3.8, 4) is 16.3 Å². The quantitative estimate of drug-likeness (QED) is 0.474. The van der Waals surface area contributed by atoms with E-state index in [0.29, 0.717) is 11.2 Å². The molecule has 0 radical (unpaired) electrons. The molecule has 2 saturated heterocycles. The normalized spacial score (nSPS) is 27.3. The molecule has 166 valence electrons. The summed E-state index contributed by atoms with van der Waals surface area (Å²) in [6.45, 7) is 4.70. The fourth-order valence-corrected chi connectivity index (χ4v) is 7.41. The van der Waals surface area contributed by atoms with Gasteiger partial charge in [0.05, 0.1) is 6.20 Å². The average molecular weight is 468 g/mol. The second-order valence-electron chi connectivity index (χ2n) is 9.63. The summed E-state index contributed by atoms with van der Waals surface area (Å²) in [6, 6.07) is 3.98. The first kappa shape index (κ1) is 20.1. The predicted octanol–water partition coefficient (Wildman–Crippen LogP) is 3.79. The van der Waals surface area contributed by atoms with Crippen LogP contribution in [0.15, 0.2) is 35.5 Å². The Hall–Kier alpha value is -2.56. The van der Waals surface area contributed by atoms with Gasteiger partial charge in [-0.2, -0.15) is 5.10 Å². The minimum atomic E-state index is -0.117. The van der Waals surface area contributed by atoms with Crippen molar-refractivity contribution in [2.24, 2.45) is 0 Å². The van der Waals surface area contributed by atoms with Crippen LogP contribution in [0, 0.1) is 0 Å². The van der Waals surface area contributed by atoms with Crippen LogP contribution in [-0.2, 0) is 0 Å². The van der Waals surface area contributed by atoms with E-state index in [1.54, 1.807) is 40.6 Å². The molecular formula is C22H25N7OS2. The maximum absolute atomic E-state index is 12.7. The maximum Gasteiger partial charge on any atom is 0.257 e. The number of hydrogen-bond acceptors (Lipinski definition) is 8. The van der Waals surface area contributed by atoms with Crippen molar-refractivity contribution in [1.82, 2.24) is 30.0 Å². The molecule has 0 aliphatic carbocycles. The molecule has 0 saturated carbocycles. The lowest BCUT2D eigenvalue weighted by Gasteiger charge is -2.45. The van der Waals surface area contributed by atoms with Crippen LogP contribution in [-0.4, -0.2) is 48.9 Å². The van der Waals surface area contributed by atoms with Crippen molar-refractivity contribution in [2.45, 2.75) is 56.7 Å². The van der Waals surface area contributed by atoms with Crippen molar-refractivity contribution in [3.63, 3.8) is 0 Å². The van der Waals surface area contributed by atoms with Crippen LogP contribution in [0.25, 0.3) is 25.9 Å². The molecule has 0 spiro atoms. The minimum absolute atomic E-state index is 0.117. The number of hydrogen-bond donors (Lipinski definition) is 2. The van der Waals surface area contributed by atoms with E-state index in [1.807, 2.05) is 6.07 Å². The standard InChI is InChI=1S/C22H25N7OS2/c1-21-5-6-22(2,27-21)10-15(9-21)28(3)19-25-17-18(31-19)26-20(32-17)29-7-4-13(8-16(29)30)14-11-23-24-12-14/h4,7-8,11-12,15,27H,5-6,9-10H2,1-3H3,(H,23,24)/t15?,21-,22+. The van der Waals surface area contributed by atoms with Crippen LogP contribution in [0.1, 0.15) is 39.5 Å². The Kier molecular flexibility index (Phi) is 4.37. The third-order valence-electron chi connectivity index (χ3n) is 6.96. The molecule has 1 unspecified atom stereocenters. The molecule has 2 fully saturated rings. The fourth-order valence-electron chi connectivity index (χ4n) is 5.35. The lowest BCUT2D eigenvalue weighted by Crippen LogP contribution is -2.58. The number of thiazole rings is 2. The summed E-state index contributed by atoms with van der Waals surface area (Å²) in [5.41, 5.74) is 2.04. The molecule has 0 aromatic carbocycles. The molecule has 2 N–H and O–H groups in total. The Morgan fingerprint density at radius 3 is 2.53 bits per heavy atom. The second-order valence-corrected chi connectivity index (χ2v) is 11.5. The van der Waals surface area contributed by atoms with Gasteiger partial charge in [-0.25, -0.2) is 9.97 Å². The first-order chi connectivity index (χ1) is 15.3. The van der Waals surface area contributed by atoms with Crippen molar-refractivity contribution in [1.29, 1.82) is 0 Å². The van der Waals surface area contributed by atoms with Gasteiger partial charge in [-0.05, 0) is 51.2 Å². The third-order valence-corrected chi connectivity index (χ3v) is 9.08. The van der Waals surface area contributed by atoms with Gasteiger partial charge in [-0.15, -0.1) is 0 Å². The number of aromatic nitrogens is 5. The lowest BCUT2D eigenvalue weighted by molar-refractivity contribution is 0.208. The SMILES string of the molecule is CN(c1nc2sc(-n3ccc(-c4cn[nH]c4)cc3=O)nc2s1)C1C[C@]2(C)CC[C@](C)(C1)N2. The average Bonchev–Trinajstić information content (AvgIpc) is 3.50. The summed E-state index contributed by atoms with van der Waals surface area (Å²) < 4.78 is 1.58. The summed E-state index contributed by atoms with van der Waals surface area (Å²) >= 11 is 3.07. The zero-order valence-electron chi connectivity index (χ0n) is 18.3. The number of anilines is 1. The van der Waals surface area contributed by atoms with E-state index >= 15 is 0 Å². The summed E-state index contributed by atoms with van der Waals surface area (Å²) in [5.74, 6) is 0. The number of piperidine rings is 1. The smallest absolute Gasteiger partial charge is 0.257 e. The number of rotatable bonds is 4. The van der Waals surface area contributed by atoms with Gasteiger partial charge in [-0.3, -0.25) is 14.5 Å². The molecule has 6 heterocycles. The van der Waals surface area contributed by atoms with Crippen LogP contribution >= 0.6 is 22.7 Å². The zero-order valence-corrected chi connectivity index (χ0v) is 19.9. The van der Waals surface area contributed by atoms with Gasteiger partial charge in [0.2, 0.25) is 0 Å². The first-order valence-corrected chi connectivity index (χ1v) is 12.5. The van der Waals surface area contributed by atoms with Crippen molar-refractivity contribution in [3.05, 3.63) is 41.1 Å².